The van der Waals surface area contributed by atoms with Crippen molar-refractivity contribution < 1.29 is 18.3 Å². The minimum atomic E-state index is -0.924. The van der Waals surface area contributed by atoms with Gasteiger partial charge in [-0.05, 0) is 6.07 Å². The quantitative estimate of drug-likeness (QED) is 0.780. The Bertz CT molecular complexity index is 447. The molecule has 0 aromatic heterocycles. The van der Waals surface area contributed by atoms with E-state index in [1.807, 2.05) is 0 Å². The molecule has 17 heavy (non-hydrogen) atoms. The molecule has 0 amide bonds. The van der Waals surface area contributed by atoms with E-state index in [0.29, 0.717) is 19.2 Å². The largest absolute Gasteiger partial charge is 0.465 e. The molecule has 1 aromatic carbocycles. The second-order valence-electron chi connectivity index (χ2n) is 3.80. The molecular weight excluding hydrogens is 230 g/mol. The van der Waals surface area contributed by atoms with Gasteiger partial charge in [-0.1, -0.05) is 0 Å². The van der Waals surface area contributed by atoms with Crippen LogP contribution in [0.5, 0.6) is 0 Å². The van der Waals surface area contributed by atoms with Crippen molar-refractivity contribution in [3.05, 3.63) is 29.3 Å². The number of halogens is 2. The third kappa shape index (κ3) is 2.36. The third-order valence-corrected chi connectivity index (χ3v) is 2.60. The van der Waals surface area contributed by atoms with E-state index >= 15 is 0 Å². The Balaban J connectivity index is 2.27. The van der Waals surface area contributed by atoms with Crippen molar-refractivity contribution in [1.82, 2.24) is 5.32 Å². The maximum absolute atomic E-state index is 13.4. The molecule has 1 aliphatic heterocycles. The molecule has 1 aliphatic rings. The molecule has 6 heteroatoms. The van der Waals surface area contributed by atoms with Crippen molar-refractivity contribution in [2.24, 2.45) is 0 Å². The van der Waals surface area contributed by atoms with Crippen molar-refractivity contribution in [2.75, 3.05) is 25.5 Å². The number of rotatable bonds is 3. The van der Waals surface area contributed by atoms with Crippen LogP contribution in [0, 0.1) is 11.6 Å². The van der Waals surface area contributed by atoms with Gasteiger partial charge in [0.05, 0.1) is 24.4 Å². The summed E-state index contributed by atoms with van der Waals surface area (Å²) in [4.78, 5) is 11.2. The topological polar surface area (TPSA) is 50.4 Å². The first-order valence-electron chi connectivity index (χ1n) is 5.16. The van der Waals surface area contributed by atoms with E-state index in [2.05, 4.69) is 15.4 Å². The van der Waals surface area contributed by atoms with Crippen molar-refractivity contribution >= 4 is 11.7 Å². The highest BCUT2D eigenvalue weighted by Crippen LogP contribution is 2.21. The number of carbonyl (C=O) groups excluding carboxylic acids is 1. The lowest BCUT2D eigenvalue weighted by molar-refractivity contribution is 0.0595. The Labute approximate surface area is 97.0 Å². The molecule has 0 spiro atoms. The number of ether oxygens (including phenoxy) is 1. The Kier molecular flexibility index (Phi) is 3.23. The Hall–Kier alpha value is -1.69. The summed E-state index contributed by atoms with van der Waals surface area (Å²) >= 11 is 0. The standard InChI is InChI=1S/C11H12F2N2O2/c1-17-11(16)7-2-10(9(13)3-8(7)12)15-6-4-14-5-6/h2-3,6,14-15H,4-5H2,1H3. The molecule has 1 saturated heterocycles. The summed E-state index contributed by atoms with van der Waals surface area (Å²) in [5.74, 6) is -2.47. The van der Waals surface area contributed by atoms with Crippen LogP contribution in [0.15, 0.2) is 12.1 Å². The van der Waals surface area contributed by atoms with Crippen LogP contribution in [-0.4, -0.2) is 32.2 Å². The smallest absolute Gasteiger partial charge is 0.340 e. The maximum Gasteiger partial charge on any atom is 0.340 e. The average molecular weight is 242 g/mol. The molecule has 0 atom stereocenters. The van der Waals surface area contributed by atoms with Gasteiger partial charge >= 0.3 is 5.97 Å². The zero-order valence-electron chi connectivity index (χ0n) is 9.22. The summed E-state index contributed by atoms with van der Waals surface area (Å²) in [6, 6.07) is 1.91. The van der Waals surface area contributed by atoms with Gasteiger partial charge in [-0.3, -0.25) is 0 Å². The SMILES string of the molecule is COC(=O)c1cc(NC2CNC2)c(F)cc1F. The summed E-state index contributed by atoms with van der Waals surface area (Å²) in [6.07, 6.45) is 0. The highest BCUT2D eigenvalue weighted by molar-refractivity contribution is 5.90. The van der Waals surface area contributed by atoms with Gasteiger partial charge in [0, 0.05) is 19.2 Å². The van der Waals surface area contributed by atoms with Crippen LogP contribution < -0.4 is 10.6 Å². The van der Waals surface area contributed by atoms with Crippen LogP contribution in [0.2, 0.25) is 0 Å². The fourth-order valence-corrected chi connectivity index (χ4v) is 1.54. The number of carbonyl (C=O) groups is 1. The van der Waals surface area contributed by atoms with Crippen molar-refractivity contribution in [2.45, 2.75) is 6.04 Å². The van der Waals surface area contributed by atoms with Gasteiger partial charge < -0.3 is 15.4 Å². The maximum atomic E-state index is 13.4. The number of nitrogens with one attached hydrogen (secondary N) is 2. The summed E-state index contributed by atoms with van der Waals surface area (Å²) < 4.78 is 31.2. The number of methoxy groups -OCH3 is 1. The van der Waals surface area contributed by atoms with Crippen molar-refractivity contribution in [3.63, 3.8) is 0 Å². The van der Waals surface area contributed by atoms with E-state index in [1.54, 1.807) is 0 Å². The van der Waals surface area contributed by atoms with Gasteiger partial charge in [0.1, 0.15) is 11.6 Å². The molecule has 1 aromatic rings. The number of hydrogen-bond acceptors (Lipinski definition) is 4. The molecule has 1 fully saturated rings. The van der Waals surface area contributed by atoms with E-state index in [4.69, 9.17) is 0 Å². The van der Waals surface area contributed by atoms with Gasteiger partial charge in [-0.2, -0.15) is 0 Å². The first-order valence-corrected chi connectivity index (χ1v) is 5.16. The van der Waals surface area contributed by atoms with Crippen LogP contribution in [0.25, 0.3) is 0 Å². The van der Waals surface area contributed by atoms with Crippen molar-refractivity contribution in [3.8, 4) is 0 Å². The van der Waals surface area contributed by atoms with E-state index in [1.165, 1.54) is 0 Å². The first-order chi connectivity index (χ1) is 8.11. The number of hydrogen-bond donors (Lipinski definition) is 2. The highest BCUT2D eigenvalue weighted by Gasteiger charge is 2.21. The summed E-state index contributed by atoms with van der Waals surface area (Å²) in [5, 5.41) is 5.89. The first kappa shape index (κ1) is 11.8. The normalized spacial score (nSPS) is 15.2. The summed E-state index contributed by atoms with van der Waals surface area (Å²) in [7, 11) is 1.15. The van der Waals surface area contributed by atoms with Gasteiger partial charge in [-0.15, -0.1) is 0 Å². The van der Waals surface area contributed by atoms with Gasteiger partial charge in [0.2, 0.25) is 0 Å². The lowest BCUT2D eigenvalue weighted by atomic mass is 10.1. The number of anilines is 1. The molecule has 4 nitrogen and oxygen atoms in total. The Morgan fingerprint density at radius 2 is 2.12 bits per heavy atom. The summed E-state index contributed by atoms with van der Waals surface area (Å²) in [5.41, 5.74) is -0.165. The molecule has 0 saturated carbocycles. The predicted molar refractivity (Wildman–Crippen MR) is 58.0 cm³/mol. The minimum Gasteiger partial charge on any atom is -0.465 e. The molecule has 2 N–H and O–H groups in total. The van der Waals surface area contributed by atoms with E-state index in [-0.39, 0.29) is 17.3 Å². The van der Waals surface area contributed by atoms with Gasteiger partial charge in [0.25, 0.3) is 0 Å². The van der Waals surface area contributed by atoms with Gasteiger partial charge in [-0.25, -0.2) is 13.6 Å². The summed E-state index contributed by atoms with van der Waals surface area (Å²) in [6.45, 7) is 1.43. The molecule has 0 aliphatic carbocycles. The Morgan fingerprint density at radius 3 is 2.65 bits per heavy atom. The second kappa shape index (κ2) is 4.67. The van der Waals surface area contributed by atoms with E-state index < -0.39 is 17.6 Å². The number of esters is 1. The highest BCUT2D eigenvalue weighted by atomic mass is 19.1. The fourth-order valence-electron chi connectivity index (χ4n) is 1.54. The second-order valence-corrected chi connectivity index (χ2v) is 3.80. The molecule has 92 valence electrons. The van der Waals surface area contributed by atoms with Crippen LogP contribution in [-0.2, 0) is 4.74 Å². The van der Waals surface area contributed by atoms with Gasteiger partial charge in [0.15, 0.2) is 0 Å². The van der Waals surface area contributed by atoms with Crippen LogP contribution in [0.4, 0.5) is 14.5 Å². The van der Waals surface area contributed by atoms with E-state index in [9.17, 15) is 13.6 Å². The molecular formula is C11H12F2N2O2. The number of benzene rings is 1. The monoisotopic (exact) mass is 242 g/mol. The third-order valence-electron chi connectivity index (χ3n) is 2.60. The Morgan fingerprint density at radius 1 is 1.41 bits per heavy atom. The molecule has 2 rings (SSSR count). The fraction of sp³-hybridized carbons (Fsp3) is 0.364. The lowest BCUT2D eigenvalue weighted by Gasteiger charge is -2.29. The van der Waals surface area contributed by atoms with E-state index in [0.717, 1.165) is 13.2 Å². The molecule has 0 unspecified atom stereocenters. The van der Waals surface area contributed by atoms with Crippen molar-refractivity contribution in [1.29, 1.82) is 0 Å². The van der Waals surface area contributed by atoms with Crippen LogP contribution >= 0.6 is 0 Å². The lowest BCUT2D eigenvalue weighted by Crippen LogP contribution is -2.51. The predicted octanol–water partition coefficient (Wildman–Crippen LogP) is 1.14. The van der Waals surface area contributed by atoms with Crippen LogP contribution in [0.1, 0.15) is 10.4 Å². The molecule has 1 heterocycles. The zero-order valence-corrected chi connectivity index (χ0v) is 9.22. The minimum absolute atomic E-state index is 0.0976. The van der Waals surface area contributed by atoms with Crippen LogP contribution in [0.3, 0.4) is 0 Å². The molecule has 0 bridgehead atoms. The zero-order chi connectivity index (χ0) is 12.4. The molecule has 0 radical (unpaired) electrons. The average Bonchev–Trinajstić information content (AvgIpc) is 2.24.